The van der Waals surface area contributed by atoms with Crippen LogP contribution in [-0.2, 0) is 0 Å². The smallest absolute Gasteiger partial charge is 0.261 e. The Bertz CT molecular complexity index is 684. The van der Waals surface area contributed by atoms with Crippen molar-refractivity contribution in [1.82, 2.24) is 0 Å². The van der Waals surface area contributed by atoms with Crippen LogP contribution in [0.15, 0.2) is 30.3 Å². The predicted octanol–water partition coefficient (Wildman–Crippen LogP) is 3.42. The van der Waals surface area contributed by atoms with E-state index in [4.69, 9.17) is 5.73 Å². The molecule has 0 radical (unpaired) electrons. The molecule has 0 spiro atoms. The highest BCUT2D eigenvalue weighted by atomic mass is 19.1. The second kappa shape index (κ2) is 5.28. The molecule has 0 aliphatic rings. The summed E-state index contributed by atoms with van der Waals surface area (Å²) in [5.74, 6) is -2.85. The number of hydrogen-bond acceptors (Lipinski definition) is 2. The van der Waals surface area contributed by atoms with Crippen LogP contribution >= 0.6 is 0 Å². The summed E-state index contributed by atoms with van der Waals surface area (Å²) in [6, 6.07) is 7.36. The third kappa shape index (κ3) is 2.47. The van der Waals surface area contributed by atoms with E-state index >= 15 is 0 Å². The van der Waals surface area contributed by atoms with Gasteiger partial charge in [-0.25, -0.2) is 8.78 Å². The van der Waals surface area contributed by atoms with E-state index in [9.17, 15) is 13.6 Å². The van der Waals surface area contributed by atoms with Crippen LogP contribution in [0, 0.1) is 25.5 Å². The van der Waals surface area contributed by atoms with Crippen LogP contribution in [0.1, 0.15) is 21.5 Å². The van der Waals surface area contributed by atoms with Crippen LogP contribution in [0.4, 0.5) is 20.2 Å². The van der Waals surface area contributed by atoms with E-state index in [0.717, 1.165) is 23.3 Å². The number of hydrogen-bond donors (Lipinski definition) is 2. The molecule has 0 bridgehead atoms. The van der Waals surface area contributed by atoms with Gasteiger partial charge in [0.05, 0.1) is 5.69 Å². The zero-order valence-electron chi connectivity index (χ0n) is 11.1. The summed E-state index contributed by atoms with van der Waals surface area (Å²) < 4.78 is 27.4. The minimum absolute atomic E-state index is 0.266. The molecular formula is C15H14F2N2O. The predicted molar refractivity (Wildman–Crippen MR) is 74.6 cm³/mol. The van der Waals surface area contributed by atoms with Crippen LogP contribution in [-0.4, -0.2) is 5.91 Å². The Morgan fingerprint density at radius 2 is 1.85 bits per heavy atom. The fourth-order valence-corrected chi connectivity index (χ4v) is 1.85. The quantitative estimate of drug-likeness (QED) is 0.826. The topological polar surface area (TPSA) is 55.1 Å². The number of anilines is 2. The summed E-state index contributed by atoms with van der Waals surface area (Å²) in [5, 5.41) is 2.50. The Labute approximate surface area is 115 Å². The van der Waals surface area contributed by atoms with Gasteiger partial charge in [0.25, 0.3) is 5.91 Å². The van der Waals surface area contributed by atoms with E-state index in [0.29, 0.717) is 5.69 Å². The zero-order chi connectivity index (χ0) is 14.9. The monoisotopic (exact) mass is 276 g/mol. The Morgan fingerprint density at radius 1 is 1.15 bits per heavy atom. The third-order valence-corrected chi connectivity index (χ3v) is 3.20. The minimum atomic E-state index is -1.05. The van der Waals surface area contributed by atoms with E-state index in [1.165, 1.54) is 0 Å². The van der Waals surface area contributed by atoms with Crippen molar-refractivity contribution in [2.45, 2.75) is 13.8 Å². The van der Waals surface area contributed by atoms with Gasteiger partial charge in [-0.2, -0.15) is 0 Å². The molecule has 2 aromatic carbocycles. The van der Waals surface area contributed by atoms with Crippen molar-refractivity contribution < 1.29 is 13.6 Å². The van der Waals surface area contributed by atoms with Crippen molar-refractivity contribution in [2.75, 3.05) is 11.1 Å². The molecule has 104 valence electrons. The molecule has 0 unspecified atom stereocenters. The molecule has 0 aliphatic carbocycles. The standard InChI is InChI=1S/C15H14F2N2O/c1-8-4-3-5-12(9(8)2)19-15(20)13-10(16)6-7-11(18)14(13)17/h3-7H,18H2,1-2H3,(H,19,20). The summed E-state index contributed by atoms with van der Waals surface area (Å²) in [6.07, 6.45) is 0. The van der Waals surface area contributed by atoms with Crippen molar-refractivity contribution in [2.24, 2.45) is 0 Å². The number of rotatable bonds is 2. The number of aryl methyl sites for hydroxylation is 1. The lowest BCUT2D eigenvalue weighted by atomic mass is 10.1. The lowest BCUT2D eigenvalue weighted by Gasteiger charge is -2.11. The number of amides is 1. The highest BCUT2D eigenvalue weighted by Gasteiger charge is 2.20. The molecule has 0 fully saturated rings. The first-order valence-corrected chi connectivity index (χ1v) is 6.03. The molecule has 20 heavy (non-hydrogen) atoms. The zero-order valence-corrected chi connectivity index (χ0v) is 11.1. The van der Waals surface area contributed by atoms with Gasteiger partial charge in [-0.15, -0.1) is 0 Å². The molecule has 0 heterocycles. The van der Waals surface area contributed by atoms with Crippen LogP contribution in [0.3, 0.4) is 0 Å². The van der Waals surface area contributed by atoms with Crippen molar-refractivity contribution in [3.05, 3.63) is 58.7 Å². The van der Waals surface area contributed by atoms with Crippen LogP contribution in [0.2, 0.25) is 0 Å². The van der Waals surface area contributed by atoms with Crippen molar-refractivity contribution in [3.63, 3.8) is 0 Å². The molecule has 2 aromatic rings. The maximum absolute atomic E-state index is 13.8. The molecule has 0 aliphatic heterocycles. The number of benzene rings is 2. The molecule has 5 heteroatoms. The molecule has 0 saturated carbocycles. The van der Waals surface area contributed by atoms with Gasteiger partial charge in [0.2, 0.25) is 0 Å². The number of nitrogen functional groups attached to an aromatic ring is 1. The summed E-state index contributed by atoms with van der Waals surface area (Å²) >= 11 is 0. The van der Waals surface area contributed by atoms with E-state index in [1.807, 2.05) is 19.9 Å². The van der Waals surface area contributed by atoms with Gasteiger partial charge in [0.15, 0.2) is 5.82 Å². The van der Waals surface area contributed by atoms with Gasteiger partial charge < -0.3 is 11.1 Å². The van der Waals surface area contributed by atoms with E-state index in [-0.39, 0.29) is 5.69 Å². The SMILES string of the molecule is Cc1cccc(NC(=O)c2c(F)ccc(N)c2F)c1C. The van der Waals surface area contributed by atoms with Crippen molar-refractivity contribution >= 4 is 17.3 Å². The van der Waals surface area contributed by atoms with Crippen molar-refractivity contribution in [3.8, 4) is 0 Å². The summed E-state index contributed by atoms with van der Waals surface area (Å²) in [4.78, 5) is 12.0. The normalized spacial score (nSPS) is 10.4. The molecule has 0 saturated heterocycles. The van der Waals surface area contributed by atoms with Gasteiger partial charge in [-0.05, 0) is 43.2 Å². The van der Waals surface area contributed by atoms with Gasteiger partial charge in [0.1, 0.15) is 11.4 Å². The maximum Gasteiger partial charge on any atom is 0.261 e. The summed E-state index contributed by atoms with van der Waals surface area (Å²) in [5.41, 5.74) is 6.73. The Kier molecular flexibility index (Phi) is 3.70. The lowest BCUT2D eigenvalue weighted by molar-refractivity contribution is 0.101. The molecule has 0 atom stereocenters. The summed E-state index contributed by atoms with van der Waals surface area (Å²) in [7, 11) is 0. The van der Waals surface area contributed by atoms with Gasteiger partial charge in [-0.3, -0.25) is 4.79 Å². The maximum atomic E-state index is 13.8. The fraction of sp³-hybridized carbons (Fsp3) is 0.133. The van der Waals surface area contributed by atoms with Gasteiger partial charge in [0, 0.05) is 5.69 Å². The second-order valence-corrected chi connectivity index (χ2v) is 4.53. The number of nitrogens with two attached hydrogens (primary N) is 1. The molecule has 3 N–H and O–H groups in total. The van der Waals surface area contributed by atoms with E-state index in [1.54, 1.807) is 12.1 Å². The average molecular weight is 276 g/mol. The largest absolute Gasteiger partial charge is 0.396 e. The van der Waals surface area contributed by atoms with Gasteiger partial charge in [-0.1, -0.05) is 12.1 Å². The molecule has 1 amide bonds. The Morgan fingerprint density at radius 3 is 2.55 bits per heavy atom. The van der Waals surface area contributed by atoms with E-state index in [2.05, 4.69) is 5.32 Å². The summed E-state index contributed by atoms with van der Waals surface area (Å²) in [6.45, 7) is 3.70. The van der Waals surface area contributed by atoms with Crippen molar-refractivity contribution in [1.29, 1.82) is 0 Å². The molecule has 3 nitrogen and oxygen atoms in total. The Hall–Kier alpha value is -2.43. The molecule has 0 aromatic heterocycles. The minimum Gasteiger partial charge on any atom is -0.396 e. The first kappa shape index (κ1) is 14.0. The Balaban J connectivity index is 2.39. The highest BCUT2D eigenvalue weighted by molar-refractivity contribution is 6.05. The van der Waals surface area contributed by atoms with Gasteiger partial charge >= 0.3 is 0 Å². The lowest BCUT2D eigenvalue weighted by Crippen LogP contribution is -2.17. The number of nitrogens with one attached hydrogen (secondary N) is 1. The molecule has 2 rings (SSSR count). The fourth-order valence-electron chi connectivity index (χ4n) is 1.85. The first-order valence-electron chi connectivity index (χ1n) is 6.03. The number of carbonyl (C=O) groups excluding carboxylic acids is 1. The van der Waals surface area contributed by atoms with Crippen LogP contribution in [0.5, 0.6) is 0 Å². The molecular weight excluding hydrogens is 262 g/mol. The average Bonchev–Trinajstić information content (AvgIpc) is 2.40. The first-order chi connectivity index (χ1) is 9.41. The second-order valence-electron chi connectivity index (χ2n) is 4.53. The third-order valence-electron chi connectivity index (χ3n) is 3.20. The highest BCUT2D eigenvalue weighted by Crippen LogP contribution is 2.22. The van der Waals surface area contributed by atoms with Crippen LogP contribution < -0.4 is 11.1 Å². The van der Waals surface area contributed by atoms with Crippen LogP contribution in [0.25, 0.3) is 0 Å². The number of halogens is 2. The number of carbonyl (C=O) groups is 1. The van der Waals surface area contributed by atoms with E-state index < -0.39 is 23.1 Å².